The fourth-order valence-electron chi connectivity index (χ4n) is 4.95. The van der Waals surface area contributed by atoms with Gasteiger partial charge in [0.1, 0.15) is 0 Å². The summed E-state index contributed by atoms with van der Waals surface area (Å²) in [5.41, 5.74) is 5.08. The third kappa shape index (κ3) is 2.37. The molecular weight excluding hydrogens is 282 g/mol. The van der Waals surface area contributed by atoms with Crippen LogP contribution in [0.1, 0.15) is 55.3 Å². The Morgan fingerprint density at radius 1 is 1.30 bits per heavy atom. The summed E-state index contributed by atoms with van der Waals surface area (Å²) in [6.45, 7) is 3.38. The summed E-state index contributed by atoms with van der Waals surface area (Å²) >= 11 is 0. The number of rotatable bonds is 1. The quantitative estimate of drug-likeness (QED) is 0.869. The van der Waals surface area contributed by atoms with Crippen molar-refractivity contribution in [2.24, 2.45) is 13.0 Å². The molecule has 1 aliphatic heterocycles. The Bertz CT molecular complexity index is 780. The Kier molecular flexibility index (Phi) is 3.66. The molecule has 0 amide bonds. The van der Waals surface area contributed by atoms with Gasteiger partial charge >= 0.3 is 0 Å². The Morgan fingerprint density at radius 2 is 2.17 bits per heavy atom. The maximum absolute atomic E-state index is 9.25. The molecular formula is C20H25N3. The van der Waals surface area contributed by atoms with Crippen molar-refractivity contribution >= 4 is 10.9 Å². The van der Waals surface area contributed by atoms with Gasteiger partial charge in [-0.05, 0) is 61.9 Å². The minimum absolute atomic E-state index is 0.657. The van der Waals surface area contributed by atoms with Gasteiger partial charge in [-0.1, -0.05) is 13.3 Å². The van der Waals surface area contributed by atoms with Crippen LogP contribution in [-0.2, 0) is 13.5 Å². The molecule has 1 aromatic carbocycles. The van der Waals surface area contributed by atoms with E-state index in [0.717, 1.165) is 24.4 Å². The summed E-state index contributed by atoms with van der Waals surface area (Å²) in [5, 5.41) is 14.3. The van der Waals surface area contributed by atoms with Crippen LogP contribution in [0.4, 0.5) is 0 Å². The van der Waals surface area contributed by atoms with E-state index in [1.54, 1.807) is 5.69 Å². The molecule has 2 aromatic rings. The van der Waals surface area contributed by atoms with Gasteiger partial charge in [-0.3, -0.25) is 0 Å². The number of nitrogens with one attached hydrogen (secondary N) is 1. The van der Waals surface area contributed by atoms with Gasteiger partial charge < -0.3 is 9.88 Å². The number of hydrogen-bond donors (Lipinski definition) is 1. The zero-order valence-corrected chi connectivity index (χ0v) is 14.1. The minimum Gasteiger partial charge on any atom is -0.347 e. The largest absolute Gasteiger partial charge is 0.347 e. The first-order valence-electron chi connectivity index (χ1n) is 8.96. The Balaban J connectivity index is 1.89. The van der Waals surface area contributed by atoms with Gasteiger partial charge in [0.05, 0.1) is 11.6 Å². The summed E-state index contributed by atoms with van der Waals surface area (Å²) in [7, 11) is 2.22. The Morgan fingerprint density at radius 3 is 2.96 bits per heavy atom. The van der Waals surface area contributed by atoms with Crippen LogP contribution in [0, 0.1) is 17.2 Å². The number of nitrogens with zero attached hydrogens (tertiary/aromatic N) is 2. The van der Waals surface area contributed by atoms with Gasteiger partial charge in [-0.2, -0.15) is 5.26 Å². The molecule has 4 rings (SSSR count). The van der Waals surface area contributed by atoms with Gasteiger partial charge in [0, 0.05) is 35.6 Å². The number of nitriles is 1. The van der Waals surface area contributed by atoms with Crippen molar-refractivity contribution in [3.05, 3.63) is 35.0 Å². The van der Waals surface area contributed by atoms with E-state index in [1.807, 2.05) is 6.07 Å². The van der Waals surface area contributed by atoms with Gasteiger partial charge in [0.15, 0.2) is 0 Å². The van der Waals surface area contributed by atoms with Crippen molar-refractivity contribution in [1.82, 2.24) is 9.88 Å². The molecule has 120 valence electrons. The van der Waals surface area contributed by atoms with E-state index in [-0.39, 0.29) is 0 Å². The number of hydrogen-bond acceptors (Lipinski definition) is 2. The van der Waals surface area contributed by atoms with E-state index in [4.69, 9.17) is 0 Å². The van der Waals surface area contributed by atoms with Crippen LogP contribution >= 0.6 is 0 Å². The minimum atomic E-state index is 0.657. The second kappa shape index (κ2) is 5.69. The van der Waals surface area contributed by atoms with Crippen LogP contribution in [0.25, 0.3) is 10.9 Å². The van der Waals surface area contributed by atoms with Crippen molar-refractivity contribution in [3.8, 4) is 6.07 Å². The molecule has 1 aromatic heterocycles. The lowest BCUT2D eigenvalue weighted by Gasteiger charge is -2.37. The fourth-order valence-corrected chi connectivity index (χ4v) is 4.95. The highest BCUT2D eigenvalue weighted by Gasteiger charge is 2.33. The first-order chi connectivity index (χ1) is 11.2. The molecule has 0 saturated heterocycles. The lowest BCUT2D eigenvalue weighted by molar-refractivity contribution is 0.243. The molecule has 0 spiro atoms. The molecule has 23 heavy (non-hydrogen) atoms. The fraction of sp³-hybridized carbons (Fsp3) is 0.550. The lowest BCUT2D eigenvalue weighted by atomic mass is 9.74. The first kappa shape index (κ1) is 14.8. The Hall–Kier alpha value is -1.79. The zero-order valence-electron chi connectivity index (χ0n) is 14.1. The number of fused-ring (bicyclic) bond motifs is 6. The van der Waals surface area contributed by atoms with Crippen LogP contribution in [0.15, 0.2) is 18.2 Å². The molecule has 3 heteroatoms. The molecule has 2 bridgehead atoms. The van der Waals surface area contributed by atoms with E-state index in [1.165, 1.54) is 42.1 Å². The summed E-state index contributed by atoms with van der Waals surface area (Å²) < 4.78 is 2.41. The smallest absolute Gasteiger partial charge is 0.0991 e. The summed E-state index contributed by atoms with van der Waals surface area (Å²) in [6.07, 6.45) is 6.28. The molecule has 1 aliphatic carbocycles. The van der Waals surface area contributed by atoms with Crippen LogP contribution in [0.5, 0.6) is 0 Å². The molecule has 3 nitrogen and oxygen atoms in total. The molecule has 1 saturated carbocycles. The zero-order chi connectivity index (χ0) is 16.0. The molecule has 1 fully saturated rings. The average Bonchev–Trinajstić information content (AvgIpc) is 2.85. The summed E-state index contributed by atoms with van der Waals surface area (Å²) in [6, 6.07) is 9.15. The van der Waals surface area contributed by atoms with E-state index >= 15 is 0 Å². The van der Waals surface area contributed by atoms with Crippen LogP contribution in [0.2, 0.25) is 0 Å². The van der Waals surface area contributed by atoms with Gasteiger partial charge in [-0.25, -0.2) is 0 Å². The maximum atomic E-state index is 9.25. The van der Waals surface area contributed by atoms with Crippen LogP contribution in [0.3, 0.4) is 0 Å². The normalized spacial score (nSPS) is 27.1. The van der Waals surface area contributed by atoms with Crippen molar-refractivity contribution in [2.75, 3.05) is 6.54 Å². The molecule has 2 aliphatic rings. The second-order valence-electron chi connectivity index (χ2n) is 7.35. The van der Waals surface area contributed by atoms with Gasteiger partial charge in [0.25, 0.3) is 0 Å². The van der Waals surface area contributed by atoms with E-state index < -0.39 is 0 Å². The number of aryl methyl sites for hydroxylation is 1. The molecule has 0 radical (unpaired) electrons. The van der Waals surface area contributed by atoms with E-state index in [0.29, 0.717) is 12.0 Å². The third-order valence-electron chi connectivity index (χ3n) is 6.06. The topological polar surface area (TPSA) is 40.8 Å². The summed E-state index contributed by atoms with van der Waals surface area (Å²) in [5.74, 6) is 1.49. The SMILES string of the molecule is CC[C@H]1CC2C[C@H](C1)c1c(c3cc(C#N)ccc3n1C)CCN2. The predicted octanol–water partition coefficient (Wildman–Crippen LogP) is 3.86. The van der Waals surface area contributed by atoms with Crippen molar-refractivity contribution < 1.29 is 0 Å². The summed E-state index contributed by atoms with van der Waals surface area (Å²) in [4.78, 5) is 0. The van der Waals surface area contributed by atoms with Crippen LogP contribution < -0.4 is 5.32 Å². The van der Waals surface area contributed by atoms with Crippen molar-refractivity contribution in [2.45, 2.75) is 51.0 Å². The second-order valence-corrected chi connectivity index (χ2v) is 7.35. The highest BCUT2D eigenvalue weighted by atomic mass is 15.0. The molecule has 2 heterocycles. The van der Waals surface area contributed by atoms with Gasteiger partial charge in [-0.15, -0.1) is 0 Å². The average molecular weight is 307 g/mol. The highest BCUT2D eigenvalue weighted by Crippen LogP contribution is 2.42. The first-order valence-corrected chi connectivity index (χ1v) is 8.96. The molecule has 1 N–H and O–H groups in total. The van der Waals surface area contributed by atoms with E-state index in [2.05, 4.69) is 42.1 Å². The van der Waals surface area contributed by atoms with Crippen molar-refractivity contribution in [3.63, 3.8) is 0 Å². The van der Waals surface area contributed by atoms with E-state index in [9.17, 15) is 5.26 Å². The number of aromatic nitrogens is 1. The maximum Gasteiger partial charge on any atom is 0.0991 e. The highest BCUT2D eigenvalue weighted by molar-refractivity contribution is 5.87. The number of benzene rings is 1. The molecule has 3 atom stereocenters. The Labute approximate surface area is 138 Å². The molecule has 1 unspecified atom stereocenters. The predicted molar refractivity (Wildman–Crippen MR) is 93.5 cm³/mol. The monoisotopic (exact) mass is 307 g/mol. The van der Waals surface area contributed by atoms with Crippen molar-refractivity contribution in [1.29, 1.82) is 5.26 Å². The van der Waals surface area contributed by atoms with Gasteiger partial charge in [0.2, 0.25) is 0 Å². The standard InChI is InChI=1S/C20H25N3/c1-3-13-8-15-11-16(9-13)22-7-6-17-18-10-14(12-21)4-5-19(18)23(2)20(15)17/h4-5,10,13,15-16,22H,3,6-9,11H2,1-2H3/t13-,15+,16?/m1/s1. The lowest BCUT2D eigenvalue weighted by Crippen LogP contribution is -2.40. The van der Waals surface area contributed by atoms with Crippen LogP contribution in [-0.4, -0.2) is 17.2 Å². The third-order valence-corrected chi connectivity index (χ3v) is 6.06.